The molecule has 1 aliphatic rings. The molecule has 0 atom stereocenters. The van der Waals surface area contributed by atoms with Gasteiger partial charge in [-0.1, -0.05) is 0 Å². The Morgan fingerprint density at radius 2 is 2.05 bits per heavy atom. The van der Waals surface area contributed by atoms with Gasteiger partial charge in [0.15, 0.2) is 0 Å². The highest BCUT2D eigenvalue weighted by atomic mass is 32.2. The van der Waals surface area contributed by atoms with Gasteiger partial charge in [-0.05, 0) is 25.3 Å². The van der Waals surface area contributed by atoms with Gasteiger partial charge >= 0.3 is 0 Å². The van der Waals surface area contributed by atoms with Crippen LogP contribution in [0.4, 0.5) is 11.5 Å². The summed E-state index contributed by atoms with van der Waals surface area (Å²) in [5.74, 6) is 0.751. The third-order valence-electron chi connectivity index (χ3n) is 3.42. The number of nitrogens with two attached hydrogens (primary N) is 1. The van der Waals surface area contributed by atoms with Crippen molar-refractivity contribution in [2.45, 2.75) is 25.8 Å². The number of rotatable bonds is 3. The second kappa shape index (κ2) is 5.34. The second-order valence-corrected chi connectivity index (χ2v) is 6.99. The van der Waals surface area contributed by atoms with Gasteiger partial charge in [0, 0.05) is 37.1 Å². The van der Waals surface area contributed by atoms with Gasteiger partial charge in [-0.15, -0.1) is 0 Å². The van der Waals surface area contributed by atoms with E-state index in [1.54, 1.807) is 6.20 Å². The van der Waals surface area contributed by atoms with Crippen LogP contribution >= 0.6 is 0 Å². The summed E-state index contributed by atoms with van der Waals surface area (Å²) in [6, 6.07) is 2.06. The highest BCUT2D eigenvalue weighted by Crippen LogP contribution is 2.19. The molecule has 0 aliphatic carbocycles. The van der Waals surface area contributed by atoms with Crippen LogP contribution in [-0.2, 0) is 10.0 Å². The van der Waals surface area contributed by atoms with Gasteiger partial charge in [-0.2, -0.15) is 0 Å². The number of pyridine rings is 1. The topological polar surface area (TPSA) is 88.3 Å². The highest BCUT2D eigenvalue weighted by molar-refractivity contribution is 7.88. The van der Waals surface area contributed by atoms with Gasteiger partial charge in [-0.3, -0.25) is 0 Å². The van der Waals surface area contributed by atoms with Crippen molar-refractivity contribution in [1.82, 2.24) is 9.29 Å². The molecule has 1 aromatic heterocycles. The highest BCUT2D eigenvalue weighted by Gasteiger charge is 2.24. The van der Waals surface area contributed by atoms with E-state index in [1.165, 1.54) is 10.6 Å². The van der Waals surface area contributed by atoms with Gasteiger partial charge in [0.1, 0.15) is 5.82 Å². The maximum absolute atomic E-state index is 11.4. The normalized spacial score (nSPS) is 18.4. The minimum absolute atomic E-state index is 0.243. The maximum atomic E-state index is 11.4. The fraction of sp³-hybridized carbons (Fsp3) is 0.583. The molecule has 0 unspecified atom stereocenters. The van der Waals surface area contributed by atoms with Crippen molar-refractivity contribution in [3.63, 3.8) is 0 Å². The predicted molar refractivity (Wildman–Crippen MR) is 76.4 cm³/mol. The lowest BCUT2D eigenvalue weighted by atomic mass is 10.1. The number of aryl methyl sites for hydroxylation is 1. The van der Waals surface area contributed by atoms with E-state index in [0.29, 0.717) is 18.8 Å². The summed E-state index contributed by atoms with van der Waals surface area (Å²) in [5.41, 5.74) is 7.51. The smallest absolute Gasteiger partial charge is 0.211 e. The van der Waals surface area contributed by atoms with E-state index < -0.39 is 10.0 Å². The molecule has 0 saturated carbocycles. The first-order chi connectivity index (χ1) is 8.86. The van der Waals surface area contributed by atoms with Gasteiger partial charge in [0.05, 0.1) is 6.26 Å². The monoisotopic (exact) mass is 284 g/mol. The summed E-state index contributed by atoms with van der Waals surface area (Å²) in [4.78, 5) is 4.28. The number of hydrogen-bond donors (Lipinski definition) is 2. The van der Waals surface area contributed by atoms with E-state index in [1.807, 2.05) is 13.0 Å². The molecule has 0 aromatic carbocycles. The maximum Gasteiger partial charge on any atom is 0.211 e. The number of aromatic nitrogens is 1. The molecule has 0 radical (unpaired) electrons. The molecule has 7 heteroatoms. The Labute approximate surface area is 114 Å². The van der Waals surface area contributed by atoms with Crippen LogP contribution in [-0.4, -0.2) is 43.1 Å². The average molecular weight is 284 g/mol. The van der Waals surface area contributed by atoms with Crippen LogP contribution in [0.5, 0.6) is 0 Å². The van der Waals surface area contributed by atoms with Crippen LogP contribution in [0.2, 0.25) is 0 Å². The third kappa shape index (κ3) is 3.57. The molecule has 1 saturated heterocycles. The van der Waals surface area contributed by atoms with E-state index in [0.717, 1.165) is 24.2 Å². The third-order valence-corrected chi connectivity index (χ3v) is 4.72. The van der Waals surface area contributed by atoms with E-state index in [-0.39, 0.29) is 6.04 Å². The molecule has 1 aromatic rings. The van der Waals surface area contributed by atoms with Crippen molar-refractivity contribution in [2.75, 3.05) is 30.4 Å². The minimum atomic E-state index is -3.06. The van der Waals surface area contributed by atoms with Gasteiger partial charge < -0.3 is 11.1 Å². The molecule has 1 aliphatic heterocycles. The quantitative estimate of drug-likeness (QED) is 0.857. The summed E-state index contributed by atoms with van der Waals surface area (Å²) < 4.78 is 24.3. The fourth-order valence-corrected chi connectivity index (χ4v) is 3.03. The Morgan fingerprint density at radius 3 is 2.58 bits per heavy atom. The minimum Gasteiger partial charge on any atom is -0.398 e. The summed E-state index contributed by atoms with van der Waals surface area (Å²) >= 11 is 0. The molecule has 106 valence electrons. The lowest BCUT2D eigenvalue weighted by Crippen LogP contribution is -2.41. The summed E-state index contributed by atoms with van der Waals surface area (Å²) in [5, 5.41) is 3.31. The molecular weight excluding hydrogens is 264 g/mol. The molecule has 3 N–H and O–H groups in total. The first-order valence-corrected chi connectivity index (χ1v) is 8.15. The standard InChI is InChI=1S/C12H20N4O2S/c1-9-8-14-12(7-11(9)13)15-10-3-5-16(6-4-10)19(2,17)18/h7-8,10H,3-6H2,1-2H3,(H3,13,14,15). The van der Waals surface area contributed by atoms with E-state index in [9.17, 15) is 8.42 Å². The SMILES string of the molecule is Cc1cnc(NC2CCN(S(C)(=O)=O)CC2)cc1N. The molecule has 19 heavy (non-hydrogen) atoms. The summed E-state index contributed by atoms with van der Waals surface area (Å²) in [7, 11) is -3.06. The van der Waals surface area contributed by atoms with Crippen LogP contribution < -0.4 is 11.1 Å². The zero-order valence-corrected chi connectivity index (χ0v) is 12.1. The van der Waals surface area contributed by atoms with Crippen LogP contribution in [0.25, 0.3) is 0 Å². The van der Waals surface area contributed by atoms with E-state index >= 15 is 0 Å². The van der Waals surface area contributed by atoms with Crippen LogP contribution in [0.3, 0.4) is 0 Å². The number of anilines is 2. The lowest BCUT2D eigenvalue weighted by Gasteiger charge is -2.30. The molecule has 0 spiro atoms. The van der Waals surface area contributed by atoms with Crippen molar-refractivity contribution in [3.8, 4) is 0 Å². The lowest BCUT2D eigenvalue weighted by molar-refractivity contribution is 0.331. The first-order valence-electron chi connectivity index (χ1n) is 6.30. The number of sulfonamides is 1. The van der Waals surface area contributed by atoms with Crippen molar-refractivity contribution >= 4 is 21.5 Å². The molecule has 2 rings (SSSR count). The predicted octanol–water partition coefficient (Wildman–Crippen LogP) is 0.808. The Hall–Kier alpha value is -1.34. The molecular formula is C12H20N4O2S. The Bertz CT molecular complexity index is 551. The molecule has 6 nitrogen and oxygen atoms in total. The van der Waals surface area contributed by atoms with Crippen LogP contribution in [0.15, 0.2) is 12.3 Å². The Kier molecular flexibility index (Phi) is 3.96. The number of nitrogen functional groups attached to an aromatic ring is 1. The zero-order valence-electron chi connectivity index (χ0n) is 11.3. The Balaban J connectivity index is 1.94. The summed E-state index contributed by atoms with van der Waals surface area (Å²) in [6.45, 7) is 3.02. The largest absolute Gasteiger partial charge is 0.398 e. The van der Waals surface area contributed by atoms with Crippen LogP contribution in [0, 0.1) is 6.92 Å². The number of nitrogens with zero attached hydrogens (tertiary/aromatic N) is 2. The van der Waals surface area contributed by atoms with Gasteiger partial charge in [-0.25, -0.2) is 17.7 Å². The summed E-state index contributed by atoms with van der Waals surface area (Å²) in [6.07, 6.45) is 4.55. The molecule has 0 bridgehead atoms. The van der Waals surface area contributed by atoms with Gasteiger partial charge in [0.2, 0.25) is 10.0 Å². The van der Waals surface area contributed by atoms with Crippen molar-refractivity contribution in [2.24, 2.45) is 0 Å². The fourth-order valence-electron chi connectivity index (χ4n) is 2.16. The molecule has 2 heterocycles. The average Bonchev–Trinajstić information content (AvgIpc) is 2.33. The number of hydrogen-bond acceptors (Lipinski definition) is 5. The second-order valence-electron chi connectivity index (χ2n) is 5.01. The number of piperidine rings is 1. The zero-order chi connectivity index (χ0) is 14.0. The van der Waals surface area contributed by atoms with E-state index in [4.69, 9.17) is 5.73 Å². The van der Waals surface area contributed by atoms with Crippen molar-refractivity contribution < 1.29 is 8.42 Å². The molecule has 1 fully saturated rings. The van der Waals surface area contributed by atoms with Crippen LogP contribution in [0.1, 0.15) is 18.4 Å². The Morgan fingerprint density at radius 1 is 1.42 bits per heavy atom. The van der Waals surface area contributed by atoms with Crippen molar-refractivity contribution in [1.29, 1.82) is 0 Å². The molecule has 0 amide bonds. The van der Waals surface area contributed by atoms with E-state index in [2.05, 4.69) is 10.3 Å². The van der Waals surface area contributed by atoms with Gasteiger partial charge in [0.25, 0.3) is 0 Å². The van der Waals surface area contributed by atoms with Crippen molar-refractivity contribution in [3.05, 3.63) is 17.8 Å². The first kappa shape index (κ1) is 14.1. The number of nitrogens with one attached hydrogen (secondary N) is 1.